The molecule has 11 heteroatoms. The SMILES string of the molecule is COc1ccc(-c2csc(-c3cccc(N/N=C(\C#N)C(=N)N)c3)n2)cc1[N+](=O)[O-]. The molecule has 2 aromatic carbocycles. The summed E-state index contributed by atoms with van der Waals surface area (Å²) in [5.74, 6) is -0.250. The number of ether oxygens (including phenoxy) is 1. The first kappa shape index (κ1) is 20.4. The Labute approximate surface area is 174 Å². The zero-order valence-corrected chi connectivity index (χ0v) is 16.4. The van der Waals surface area contributed by atoms with Crippen LogP contribution in [0.2, 0.25) is 0 Å². The lowest BCUT2D eigenvalue weighted by Crippen LogP contribution is -2.21. The molecule has 4 N–H and O–H groups in total. The smallest absolute Gasteiger partial charge is 0.311 e. The number of rotatable bonds is 7. The number of aromatic nitrogens is 1. The summed E-state index contributed by atoms with van der Waals surface area (Å²) in [6.07, 6.45) is 0. The highest BCUT2D eigenvalue weighted by atomic mass is 32.1. The minimum atomic E-state index is -0.498. The van der Waals surface area contributed by atoms with Crippen LogP contribution < -0.4 is 15.9 Å². The molecule has 0 spiro atoms. The van der Waals surface area contributed by atoms with Gasteiger partial charge in [0.15, 0.2) is 11.6 Å². The average molecular weight is 421 g/mol. The van der Waals surface area contributed by atoms with E-state index in [0.717, 1.165) is 5.56 Å². The first-order valence-corrected chi connectivity index (χ1v) is 9.28. The van der Waals surface area contributed by atoms with Crippen molar-refractivity contribution in [3.8, 4) is 33.6 Å². The van der Waals surface area contributed by atoms with Crippen molar-refractivity contribution in [2.75, 3.05) is 12.5 Å². The summed E-state index contributed by atoms with van der Waals surface area (Å²) >= 11 is 1.38. The van der Waals surface area contributed by atoms with Gasteiger partial charge in [-0.3, -0.25) is 20.9 Å². The maximum atomic E-state index is 11.3. The zero-order chi connectivity index (χ0) is 21.7. The molecule has 0 saturated carbocycles. The molecule has 3 aromatic rings. The quantitative estimate of drug-likeness (QED) is 0.227. The van der Waals surface area contributed by atoms with E-state index in [1.807, 2.05) is 11.4 Å². The van der Waals surface area contributed by atoms with Gasteiger partial charge >= 0.3 is 5.69 Å². The van der Waals surface area contributed by atoms with Crippen LogP contribution in [0, 0.1) is 26.9 Å². The third-order valence-corrected chi connectivity index (χ3v) is 4.83. The Bertz CT molecular complexity index is 1200. The lowest BCUT2D eigenvalue weighted by molar-refractivity contribution is -0.385. The number of hydrogen-bond donors (Lipinski definition) is 3. The molecule has 3 rings (SSSR count). The van der Waals surface area contributed by atoms with Crippen LogP contribution in [0.4, 0.5) is 11.4 Å². The maximum Gasteiger partial charge on any atom is 0.311 e. The standard InChI is InChI=1S/C19H15N7O3S/c1-29-17-6-5-11(8-16(17)26(27)28)15-10-30-19(23-15)12-3-2-4-13(7-12)24-25-14(9-20)18(21)22/h2-8,10,24H,1H3,(H3,21,22)/b25-14+. The number of nitrogens with one attached hydrogen (secondary N) is 2. The molecule has 0 fully saturated rings. The van der Waals surface area contributed by atoms with Gasteiger partial charge in [-0.15, -0.1) is 11.3 Å². The largest absolute Gasteiger partial charge is 0.490 e. The van der Waals surface area contributed by atoms with Crippen LogP contribution in [0.3, 0.4) is 0 Å². The number of nitrogens with zero attached hydrogens (tertiary/aromatic N) is 4. The van der Waals surface area contributed by atoms with E-state index in [-0.39, 0.29) is 17.1 Å². The summed E-state index contributed by atoms with van der Waals surface area (Å²) in [6.45, 7) is 0. The highest BCUT2D eigenvalue weighted by Gasteiger charge is 2.17. The van der Waals surface area contributed by atoms with Crippen LogP contribution in [0.15, 0.2) is 52.9 Å². The topological polar surface area (TPSA) is 163 Å². The summed E-state index contributed by atoms with van der Waals surface area (Å²) in [4.78, 5) is 15.3. The zero-order valence-electron chi connectivity index (χ0n) is 15.6. The number of anilines is 1. The molecule has 150 valence electrons. The van der Waals surface area contributed by atoms with E-state index < -0.39 is 10.8 Å². The fraction of sp³-hybridized carbons (Fsp3) is 0.0526. The molecule has 10 nitrogen and oxygen atoms in total. The van der Waals surface area contributed by atoms with Gasteiger partial charge in [0, 0.05) is 22.6 Å². The van der Waals surface area contributed by atoms with Crippen LogP contribution >= 0.6 is 11.3 Å². The normalized spacial score (nSPS) is 10.9. The predicted molar refractivity (Wildman–Crippen MR) is 115 cm³/mol. The Kier molecular flexibility index (Phi) is 6.00. The van der Waals surface area contributed by atoms with Crippen LogP contribution in [-0.4, -0.2) is 28.6 Å². The molecular formula is C19H15N7O3S. The Morgan fingerprint density at radius 1 is 1.37 bits per heavy atom. The first-order valence-electron chi connectivity index (χ1n) is 8.40. The van der Waals surface area contributed by atoms with Gasteiger partial charge in [-0.1, -0.05) is 12.1 Å². The summed E-state index contributed by atoms with van der Waals surface area (Å²) in [7, 11) is 1.38. The van der Waals surface area contributed by atoms with Crippen molar-refractivity contribution < 1.29 is 9.66 Å². The van der Waals surface area contributed by atoms with Gasteiger partial charge in [0.2, 0.25) is 5.71 Å². The van der Waals surface area contributed by atoms with E-state index in [2.05, 4.69) is 15.5 Å². The molecule has 0 aliphatic heterocycles. The molecule has 0 atom stereocenters. The monoisotopic (exact) mass is 421 g/mol. The molecule has 0 saturated heterocycles. The van der Waals surface area contributed by atoms with E-state index in [0.29, 0.717) is 22.0 Å². The molecule has 1 heterocycles. The molecule has 0 radical (unpaired) electrons. The Morgan fingerprint density at radius 3 is 2.83 bits per heavy atom. The van der Waals surface area contributed by atoms with E-state index in [1.165, 1.54) is 30.6 Å². The number of benzene rings is 2. The Morgan fingerprint density at radius 2 is 2.17 bits per heavy atom. The number of amidine groups is 1. The molecule has 0 aliphatic carbocycles. The number of hydrogen-bond acceptors (Lipinski definition) is 9. The number of nitrogens with two attached hydrogens (primary N) is 1. The fourth-order valence-electron chi connectivity index (χ4n) is 2.52. The van der Waals surface area contributed by atoms with Crippen molar-refractivity contribution in [1.82, 2.24) is 4.98 Å². The van der Waals surface area contributed by atoms with E-state index in [4.69, 9.17) is 21.1 Å². The molecular weight excluding hydrogens is 406 g/mol. The molecule has 1 aromatic heterocycles. The average Bonchev–Trinajstić information content (AvgIpc) is 3.24. The second kappa shape index (κ2) is 8.80. The summed E-state index contributed by atoms with van der Waals surface area (Å²) in [5, 5.41) is 33.7. The highest BCUT2D eigenvalue weighted by molar-refractivity contribution is 7.13. The second-order valence-electron chi connectivity index (χ2n) is 5.86. The maximum absolute atomic E-state index is 11.3. The number of methoxy groups -OCH3 is 1. The first-order chi connectivity index (χ1) is 14.4. The number of nitro groups is 1. The van der Waals surface area contributed by atoms with Gasteiger partial charge in [-0.25, -0.2) is 4.98 Å². The van der Waals surface area contributed by atoms with Gasteiger partial charge in [0.1, 0.15) is 11.1 Å². The van der Waals surface area contributed by atoms with Gasteiger partial charge in [-0.2, -0.15) is 10.4 Å². The van der Waals surface area contributed by atoms with Crippen LogP contribution in [0.25, 0.3) is 21.8 Å². The lowest BCUT2D eigenvalue weighted by Gasteiger charge is -2.04. The van der Waals surface area contributed by atoms with Crippen molar-refractivity contribution in [1.29, 1.82) is 10.7 Å². The van der Waals surface area contributed by atoms with Crippen LogP contribution in [-0.2, 0) is 0 Å². The van der Waals surface area contributed by atoms with Crippen molar-refractivity contribution >= 4 is 34.3 Å². The van der Waals surface area contributed by atoms with Crippen LogP contribution in [0.1, 0.15) is 0 Å². The van der Waals surface area contributed by atoms with Crippen LogP contribution in [0.5, 0.6) is 5.75 Å². The summed E-state index contributed by atoms with van der Waals surface area (Å²) < 4.78 is 5.03. The Hall–Kier alpha value is -4.30. The highest BCUT2D eigenvalue weighted by Crippen LogP contribution is 2.34. The lowest BCUT2D eigenvalue weighted by atomic mass is 10.1. The minimum absolute atomic E-state index is 0.132. The van der Waals surface area contributed by atoms with E-state index in [1.54, 1.807) is 30.3 Å². The number of thiazole rings is 1. The van der Waals surface area contributed by atoms with Gasteiger partial charge in [-0.05, 0) is 24.3 Å². The van der Waals surface area contributed by atoms with Gasteiger partial charge in [0.25, 0.3) is 0 Å². The predicted octanol–water partition coefficient (Wildman–Crippen LogP) is 3.62. The third kappa shape index (κ3) is 4.40. The molecule has 30 heavy (non-hydrogen) atoms. The minimum Gasteiger partial charge on any atom is -0.490 e. The number of hydrazone groups is 1. The molecule has 0 unspecified atom stereocenters. The van der Waals surface area contributed by atoms with E-state index >= 15 is 0 Å². The Balaban J connectivity index is 1.88. The molecule has 0 amide bonds. The summed E-state index contributed by atoms with van der Waals surface area (Å²) in [6, 6.07) is 13.6. The van der Waals surface area contributed by atoms with Crippen molar-refractivity contribution in [3.05, 3.63) is 58.0 Å². The van der Waals surface area contributed by atoms with Gasteiger partial charge < -0.3 is 10.5 Å². The summed E-state index contributed by atoms with van der Waals surface area (Å²) in [5.41, 5.74) is 10.2. The molecule has 0 aliphatic rings. The fourth-order valence-corrected chi connectivity index (χ4v) is 3.34. The van der Waals surface area contributed by atoms with Crippen molar-refractivity contribution in [3.63, 3.8) is 0 Å². The van der Waals surface area contributed by atoms with Crippen molar-refractivity contribution in [2.24, 2.45) is 10.8 Å². The molecule has 0 bridgehead atoms. The third-order valence-electron chi connectivity index (χ3n) is 3.94. The number of nitro benzene ring substituents is 1. The number of nitriles is 1. The van der Waals surface area contributed by atoms with Crippen molar-refractivity contribution in [2.45, 2.75) is 0 Å². The second-order valence-corrected chi connectivity index (χ2v) is 6.72. The van der Waals surface area contributed by atoms with Gasteiger partial charge in [0.05, 0.1) is 23.4 Å². The van der Waals surface area contributed by atoms with E-state index in [9.17, 15) is 10.1 Å².